The third kappa shape index (κ3) is 5.45. The van der Waals surface area contributed by atoms with Gasteiger partial charge >= 0.3 is 6.09 Å². The number of nitriles is 1. The molecule has 0 aliphatic carbocycles. The van der Waals surface area contributed by atoms with Crippen molar-refractivity contribution in [3.63, 3.8) is 0 Å². The van der Waals surface area contributed by atoms with E-state index in [0.29, 0.717) is 5.69 Å². The summed E-state index contributed by atoms with van der Waals surface area (Å²) in [6, 6.07) is 8.39. The second-order valence-electron chi connectivity index (χ2n) is 7.14. The van der Waals surface area contributed by atoms with E-state index in [1.54, 1.807) is 51.1 Å². The quantitative estimate of drug-likeness (QED) is 0.911. The van der Waals surface area contributed by atoms with Crippen LogP contribution in [0.5, 0.6) is 0 Å². The number of carbonyl (C=O) groups is 2. The first-order valence-corrected chi connectivity index (χ1v) is 8.07. The fraction of sp³-hybridized carbons (Fsp3) is 0.500. The van der Waals surface area contributed by atoms with E-state index >= 15 is 0 Å². The summed E-state index contributed by atoms with van der Waals surface area (Å²) in [5, 5.41) is 11.4. The van der Waals surface area contributed by atoms with Gasteiger partial charge in [-0.2, -0.15) is 5.26 Å². The van der Waals surface area contributed by atoms with Gasteiger partial charge in [-0.25, -0.2) is 9.18 Å². The Morgan fingerprint density at radius 2 is 2.00 bits per heavy atom. The van der Waals surface area contributed by atoms with Crippen LogP contribution in [0.1, 0.15) is 32.8 Å². The van der Waals surface area contributed by atoms with E-state index in [-0.39, 0.29) is 31.8 Å². The zero-order valence-electron chi connectivity index (χ0n) is 14.6. The number of hydrogen-bond acceptors (Lipinski definition) is 4. The third-order valence-electron chi connectivity index (χ3n) is 3.73. The van der Waals surface area contributed by atoms with Crippen LogP contribution in [0.25, 0.3) is 0 Å². The number of hydrogen-bond donors (Lipinski definition) is 1. The Morgan fingerprint density at radius 1 is 1.36 bits per heavy atom. The van der Waals surface area contributed by atoms with Crippen molar-refractivity contribution in [3.05, 3.63) is 29.8 Å². The lowest BCUT2D eigenvalue weighted by molar-refractivity contribution is -0.129. The van der Waals surface area contributed by atoms with Gasteiger partial charge in [0.1, 0.15) is 11.7 Å². The normalized spacial score (nSPS) is 20.0. The lowest BCUT2D eigenvalue weighted by atomic mass is 10.1. The van der Waals surface area contributed by atoms with Crippen molar-refractivity contribution in [1.82, 2.24) is 4.90 Å². The van der Waals surface area contributed by atoms with Crippen LogP contribution >= 0.6 is 0 Å². The third-order valence-corrected chi connectivity index (χ3v) is 3.73. The SMILES string of the molecule is CC(C)(C)OC(=O)Nc1ccc(CC(=O)N2CCC(F)(C#N)C2)cc1. The number of nitrogens with zero attached hydrogens (tertiary/aromatic N) is 2. The van der Waals surface area contributed by atoms with Crippen LogP contribution < -0.4 is 5.32 Å². The average Bonchev–Trinajstić information content (AvgIpc) is 2.91. The van der Waals surface area contributed by atoms with Crippen molar-refractivity contribution in [3.8, 4) is 6.07 Å². The average molecular weight is 347 g/mol. The van der Waals surface area contributed by atoms with Crippen LogP contribution in [0, 0.1) is 11.3 Å². The molecule has 1 N–H and O–H groups in total. The molecule has 1 aliphatic rings. The summed E-state index contributed by atoms with van der Waals surface area (Å²) < 4.78 is 19.0. The fourth-order valence-corrected chi connectivity index (χ4v) is 2.49. The molecule has 1 saturated heterocycles. The number of benzene rings is 1. The lowest BCUT2D eigenvalue weighted by Crippen LogP contribution is -2.33. The molecular formula is C18H22FN3O3. The summed E-state index contributed by atoms with van der Waals surface area (Å²) in [5.41, 5.74) is -1.22. The molecule has 1 atom stereocenters. The molecule has 25 heavy (non-hydrogen) atoms. The molecule has 0 radical (unpaired) electrons. The van der Waals surface area contributed by atoms with E-state index in [1.165, 1.54) is 4.90 Å². The van der Waals surface area contributed by atoms with Crippen LogP contribution in [0.15, 0.2) is 24.3 Å². The summed E-state index contributed by atoms with van der Waals surface area (Å²) in [6.45, 7) is 5.40. The molecule has 2 amide bonds. The van der Waals surface area contributed by atoms with Crippen molar-refractivity contribution >= 4 is 17.7 Å². The van der Waals surface area contributed by atoms with Crippen LogP contribution in [-0.2, 0) is 16.0 Å². The maximum absolute atomic E-state index is 13.9. The van der Waals surface area contributed by atoms with E-state index in [0.717, 1.165) is 5.56 Å². The van der Waals surface area contributed by atoms with Gasteiger partial charge in [0, 0.05) is 18.7 Å². The van der Waals surface area contributed by atoms with Gasteiger partial charge in [0.15, 0.2) is 0 Å². The van der Waals surface area contributed by atoms with Gasteiger partial charge in [-0.3, -0.25) is 10.1 Å². The molecule has 1 fully saturated rings. The Balaban J connectivity index is 1.89. The van der Waals surface area contributed by atoms with E-state index in [9.17, 15) is 14.0 Å². The molecule has 1 aromatic carbocycles. The first-order valence-electron chi connectivity index (χ1n) is 8.07. The molecule has 1 unspecified atom stereocenters. The van der Waals surface area contributed by atoms with Crippen molar-refractivity contribution in [2.24, 2.45) is 0 Å². The predicted octanol–water partition coefficient (Wildman–Crippen LogP) is 3.04. The van der Waals surface area contributed by atoms with Crippen LogP contribution in [0.3, 0.4) is 0 Å². The van der Waals surface area contributed by atoms with Crippen LogP contribution in [-0.4, -0.2) is 41.3 Å². The Bertz CT molecular complexity index is 691. The minimum Gasteiger partial charge on any atom is -0.444 e. The van der Waals surface area contributed by atoms with Gasteiger partial charge in [0.05, 0.1) is 13.0 Å². The highest BCUT2D eigenvalue weighted by atomic mass is 19.1. The fourth-order valence-electron chi connectivity index (χ4n) is 2.49. The molecular weight excluding hydrogens is 325 g/mol. The lowest BCUT2D eigenvalue weighted by Gasteiger charge is -2.19. The number of nitrogens with one attached hydrogen (secondary N) is 1. The number of ether oxygens (including phenoxy) is 1. The molecule has 1 heterocycles. The number of likely N-dealkylation sites (tertiary alicyclic amines) is 1. The molecule has 2 rings (SSSR count). The number of rotatable bonds is 3. The first kappa shape index (κ1) is 18.7. The second kappa shape index (κ2) is 7.09. The van der Waals surface area contributed by atoms with Crippen molar-refractivity contribution in [2.45, 2.75) is 44.9 Å². The molecule has 7 heteroatoms. The van der Waals surface area contributed by atoms with Gasteiger partial charge in [0.2, 0.25) is 11.6 Å². The number of halogens is 1. The maximum Gasteiger partial charge on any atom is 0.412 e. The Labute approximate surface area is 146 Å². The predicted molar refractivity (Wildman–Crippen MR) is 90.7 cm³/mol. The monoisotopic (exact) mass is 347 g/mol. The molecule has 0 aromatic heterocycles. The minimum atomic E-state index is -1.93. The van der Waals surface area contributed by atoms with Crippen molar-refractivity contribution in [2.75, 3.05) is 18.4 Å². The maximum atomic E-state index is 13.9. The zero-order chi connectivity index (χ0) is 18.7. The highest BCUT2D eigenvalue weighted by Gasteiger charge is 2.40. The van der Waals surface area contributed by atoms with E-state index < -0.39 is 17.4 Å². The Kier molecular flexibility index (Phi) is 5.31. The smallest absolute Gasteiger partial charge is 0.412 e. The standard InChI is InChI=1S/C18H22FN3O3/c1-17(2,3)25-16(24)21-14-6-4-13(5-7-14)10-15(23)22-9-8-18(19,11-20)12-22/h4-7H,8-10,12H2,1-3H3,(H,21,24). The largest absolute Gasteiger partial charge is 0.444 e. The molecule has 0 spiro atoms. The van der Waals surface area contributed by atoms with Crippen molar-refractivity contribution < 1.29 is 18.7 Å². The molecule has 6 nitrogen and oxygen atoms in total. The Hall–Kier alpha value is -2.62. The van der Waals surface area contributed by atoms with Crippen LogP contribution in [0.4, 0.5) is 14.9 Å². The Morgan fingerprint density at radius 3 is 2.52 bits per heavy atom. The topological polar surface area (TPSA) is 82.4 Å². The molecule has 1 aliphatic heterocycles. The number of amides is 2. The minimum absolute atomic E-state index is 0.0496. The summed E-state index contributed by atoms with van der Waals surface area (Å²) in [4.78, 5) is 25.3. The van der Waals surface area contributed by atoms with Gasteiger partial charge in [-0.1, -0.05) is 12.1 Å². The number of carbonyl (C=O) groups excluding carboxylic acids is 2. The zero-order valence-corrected chi connectivity index (χ0v) is 14.6. The molecule has 0 saturated carbocycles. The molecule has 134 valence electrons. The molecule has 1 aromatic rings. The summed E-state index contributed by atoms with van der Waals surface area (Å²) in [5.74, 6) is -0.220. The van der Waals surface area contributed by atoms with Crippen molar-refractivity contribution in [1.29, 1.82) is 5.26 Å². The van der Waals surface area contributed by atoms with E-state index in [1.807, 2.05) is 0 Å². The van der Waals surface area contributed by atoms with E-state index in [2.05, 4.69) is 5.32 Å². The number of anilines is 1. The van der Waals surface area contributed by atoms with Gasteiger partial charge < -0.3 is 9.64 Å². The second-order valence-corrected chi connectivity index (χ2v) is 7.14. The van der Waals surface area contributed by atoms with Crippen LogP contribution in [0.2, 0.25) is 0 Å². The molecule has 0 bridgehead atoms. The van der Waals surface area contributed by atoms with E-state index in [4.69, 9.17) is 10.00 Å². The van der Waals surface area contributed by atoms with Gasteiger partial charge in [-0.05, 0) is 38.5 Å². The number of alkyl halides is 1. The highest BCUT2D eigenvalue weighted by molar-refractivity contribution is 5.85. The summed E-state index contributed by atoms with van der Waals surface area (Å²) in [6.07, 6.45) is -0.383. The first-order chi connectivity index (χ1) is 11.6. The highest BCUT2D eigenvalue weighted by Crippen LogP contribution is 2.25. The van der Waals surface area contributed by atoms with Gasteiger partial charge in [-0.15, -0.1) is 0 Å². The van der Waals surface area contributed by atoms with Gasteiger partial charge in [0.25, 0.3) is 0 Å². The summed E-state index contributed by atoms with van der Waals surface area (Å²) in [7, 11) is 0. The summed E-state index contributed by atoms with van der Waals surface area (Å²) >= 11 is 0.